The third-order valence-electron chi connectivity index (χ3n) is 2.74. The minimum absolute atomic E-state index is 0.176. The number of hydrogen-bond acceptors (Lipinski definition) is 4. The molecule has 1 rings (SSSR count). The molecular weight excluding hydrogens is 326 g/mol. The Balaban J connectivity index is 2.65. The fraction of sp³-hybridized carbons (Fsp3) is 0.533. The van der Waals surface area contributed by atoms with Crippen LogP contribution in [0.3, 0.4) is 0 Å². The van der Waals surface area contributed by atoms with E-state index in [2.05, 4.69) is 5.32 Å². The van der Waals surface area contributed by atoms with Crippen molar-refractivity contribution in [2.75, 3.05) is 12.3 Å². The lowest BCUT2D eigenvalue weighted by Gasteiger charge is -2.21. The van der Waals surface area contributed by atoms with Crippen molar-refractivity contribution in [2.45, 2.75) is 32.8 Å². The molecule has 1 amide bonds. The first-order chi connectivity index (χ1) is 10.1. The number of rotatable bonds is 6. The van der Waals surface area contributed by atoms with Crippen molar-refractivity contribution in [3.05, 3.63) is 35.9 Å². The van der Waals surface area contributed by atoms with Gasteiger partial charge in [0, 0.05) is 17.2 Å². The van der Waals surface area contributed by atoms with Crippen LogP contribution < -0.4 is 5.32 Å². The molecule has 124 valence electrons. The first-order valence-electron chi connectivity index (χ1n) is 6.98. The van der Waals surface area contributed by atoms with Crippen molar-refractivity contribution in [2.24, 2.45) is 5.92 Å². The van der Waals surface area contributed by atoms with Gasteiger partial charge in [-0.25, -0.2) is 13.2 Å². The SMILES string of the molecule is CC(C)(C)OC(=O)NCC(Cc1ccccc1)CS(=O)(=O)Cl. The van der Waals surface area contributed by atoms with Gasteiger partial charge in [-0.15, -0.1) is 0 Å². The first kappa shape index (κ1) is 18.8. The van der Waals surface area contributed by atoms with E-state index in [0.717, 1.165) is 5.56 Å². The van der Waals surface area contributed by atoms with Crippen LogP contribution in [-0.4, -0.2) is 32.4 Å². The van der Waals surface area contributed by atoms with Gasteiger partial charge < -0.3 is 10.1 Å². The zero-order valence-electron chi connectivity index (χ0n) is 13.0. The van der Waals surface area contributed by atoms with Crippen molar-refractivity contribution in [3.8, 4) is 0 Å². The third kappa shape index (κ3) is 8.89. The van der Waals surface area contributed by atoms with E-state index in [9.17, 15) is 13.2 Å². The highest BCUT2D eigenvalue weighted by Gasteiger charge is 2.21. The molecule has 1 unspecified atom stereocenters. The van der Waals surface area contributed by atoms with Crippen LogP contribution in [0.4, 0.5) is 4.79 Å². The lowest BCUT2D eigenvalue weighted by Crippen LogP contribution is -2.37. The van der Waals surface area contributed by atoms with Crippen molar-refractivity contribution >= 4 is 25.8 Å². The molecule has 0 aliphatic carbocycles. The molecule has 0 aliphatic heterocycles. The summed E-state index contributed by atoms with van der Waals surface area (Å²) in [4.78, 5) is 11.7. The van der Waals surface area contributed by atoms with Crippen LogP contribution >= 0.6 is 10.7 Å². The number of hydrogen-bond donors (Lipinski definition) is 1. The Morgan fingerprint density at radius 3 is 2.36 bits per heavy atom. The molecule has 0 bridgehead atoms. The van der Waals surface area contributed by atoms with Crippen molar-refractivity contribution < 1.29 is 17.9 Å². The summed E-state index contributed by atoms with van der Waals surface area (Å²) in [6, 6.07) is 9.45. The molecule has 0 aromatic heterocycles. The van der Waals surface area contributed by atoms with Gasteiger partial charge in [0.2, 0.25) is 9.05 Å². The second-order valence-corrected chi connectivity index (χ2v) is 8.97. The van der Waals surface area contributed by atoms with Gasteiger partial charge in [-0.1, -0.05) is 30.3 Å². The molecule has 0 radical (unpaired) electrons. The number of carbonyl (C=O) groups excluding carboxylic acids is 1. The molecule has 1 atom stereocenters. The minimum Gasteiger partial charge on any atom is -0.444 e. The summed E-state index contributed by atoms with van der Waals surface area (Å²) in [7, 11) is 1.70. The van der Waals surface area contributed by atoms with E-state index in [-0.39, 0.29) is 18.2 Å². The van der Waals surface area contributed by atoms with Crippen molar-refractivity contribution in [3.63, 3.8) is 0 Å². The number of benzene rings is 1. The molecule has 0 aliphatic rings. The molecule has 1 N–H and O–H groups in total. The molecular formula is C15H22ClNO4S. The fourth-order valence-electron chi connectivity index (χ4n) is 1.96. The summed E-state index contributed by atoms with van der Waals surface area (Å²) in [6.45, 7) is 5.46. The molecule has 1 aromatic carbocycles. The van der Waals surface area contributed by atoms with E-state index in [0.29, 0.717) is 6.42 Å². The fourth-order valence-corrected chi connectivity index (χ4v) is 3.29. The van der Waals surface area contributed by atoms with Crippen molar-refractivity contribution in [1.82, 2.24) is 5.32 Å². The Hall–Kier alpha value is -1.27. The van der Waals surface area contributed by atoms with Crippen LogP contribution in [0.5, 0.6) is 0 Å². The summed E-state index contributed by atoms with van der Waals surface area (Å²) < 4.78 is 27.8. The number of alkyl carbamates (subject to hydrolysis) is 1. The second-order valence-electron chi connectivity index (χ2n) is 6.14. The molecule has 0 spiro atoms. The second kappa shape index (κ2) is 7.83. The molecule has 1 aromatic rings. The lowest BCUT2D eigenvalue weighted by atomic mass is 10.0. The lowest BCUT2D eigenvalue weighted by molar-refractivity contribution is 0.0520. The maximum Gasteiger partial charge on any atom is 0.407 e. The normalized spacial score (nSPS) is 13.5. The van der Waals surface area contributed by atoms with Crippen molar-refractivity contribution in [1.29, 1.82) is 0 Å². The average molecular weight is 348 g/mol. The van der Waals surface area contributed by atoms with Gasteiger partial charge in [0.1, 0.15) is 5.60 Å². The minimum atomic E-state index is -3.65. The van der Waals surface area contributed by atoms with Gasteiger partial charge in [0.15, 0.2) is 0 Å². The predicted molar refractivity (Wildman–Crippen MR) is 87.5 cm³/mol. The number of nitrogens with one attached hydrogen (secondary N) is 1. The van der Waals surface area contributed by atoms with Gasteiger partial charge in [-0.05, 0) is 38.7 Å². The van der Waals surface area contributed by atoms with Crippen LogP contribution in [0.1, 0.15) is 26.3 Å². The Bertz CT molecular complexity index is 581. The van der Waals surface area contributed by atoms with Crippen LogP contribution in [0.15, 0.2) is 30.3 Å². The average Bonchev–Trinajstić information content (AvgIpc) is 2.33. The van der Waals surface area contributed by atoms with E-state index in [1.807, 2.05) is 30.3 Å². The smallest absolute Gasteiger partial charge is 0.407 e. The van der Waals surface area contributed by atoms with Crippen LogP contribution in [0.2, 0.25) is 0 Å². The van der Waals surface area contributed by atoms with Crippen LogP contribution in [0.25, 0.3) is 0 Å². The molecule has 22 heavy (non-hydrogen) atoms. The monoisotopic (exact) mass is 347 g/mol. The van der Waals surface area contributed by atoms with Gasteiger partial charge in [-0.2, -0.15) is 0 Å². The zero-order valence-corrected chi connectivity index (χ0v) is 14.6. The summed E-state index contributed by atoms with van der Waals surface area (Å²) in [5, 5.41) is 2.60. The standard InChI is InChI=1S/C15H22ClNO4S/c1-15(2,3)21-14(18)17-10-13(11-22(16,19)20)9-12-7-5-4-6-8-12/h4-8,13H,9-11H2,1-3H3,(H,17,18). The Morgan fingerprint density at radius 2 is 1.86 bits per heavy atom. The quantitative estimate of drug-likeness (QED) is 0.803. The Labute approximate surface area is 136 Å². The topological polar surface area (TPSA) is 72.5 Å². The van der Waals surface area contributed by atoms with Gasteiger partial charge in [0.05, 0.1) is 5.75 Å². The summed E-state index contributed by atoms with van der Waals surface area (Å²) >= 11 is 0. The van der Waals surface area contributed by atoms with E-state index in [1.54, 1.807) is 20.8 Å². The van der Waals surface area contributed by atoms with E-state index in [4.69, 9.17) is 15.4 Å². The third-order valence-corrected chi connectivity index (χ3v) is 3.98. The van der Waals surface area contributed by atoms with Gasteiger partial charge >= 0.3 is 6.09 Å². The van der Waals surface area contributed by atoms with E-state index >= 15 is 0 Å². The summed E-state index contributed by atoms with van der Waals surface area (Å²) in [6.07, 6.45) is -0.0692. The number of ether oxygens (including phenoxy) is 1. The molecule has 0 fully saturated rings. The van der Waals surface area contributed by atoms with E-state index < -0.39 is 20.7 Å². The molecule has 0 saturated heterocycles. The molecule has 0 saturated carbocycles. The maximum atomic E-state index is 11.7. The first-order valence-corrected chi connectivity index (χ1v) is 9.46. The zero-order chi connectivity index (χ0) is 16.8. The summed E-state index contributed by atoms with van der Waals surface area (Å²) in [5.74, 6) is -0.531. The summed E-state index contributed by atoms with van der Waals surface area (Å²) in [5.41, 5.74) is 0.385. The Kier molecular flexibility index (Phi) is 6.68. The highest BCUT2D eigenvalue weighted by atomic mass is 35.7. The molecule has 5 nitrogen and oxygen atoms in total. The largest absolute Gasteiger partial charge is 0.444 e. The highest BCUT2D eigenvalue weighted by Crippen LogP contribution is 2.13. The van der Waals surface area contributed by atoms with E-state index in [1.165, 1.54) is 0 Å². The predicted octanol–water partition coefficient (Wildman–Crippen LogP) is 2.94. The molecule has 0 heterocycles. The number of carbonyl (C=O) groups is 1. The molecule has 7 heteroatoms. The van der Waals surface area contributed by atoms with Crippen LogP contribution in [-0.2, 0) is 20.2 Å². The Morgan fingerprint density at radius 1 is 1.27 bits per heavy atom. The number of halogens is 1. The highest BCUT2D eigenvalue weighted by molar-refractivity contribution is 8.13. The number of amides is 1. The van der Waals surface area contributed by atoms with Gasteiger partial charge in [-0.3, -0.25) is 0 Å². The van der Waals surface area contributed by atoms with Gasteiger partial charge in [0.25, 0.3) is 0 Å². The maximum absolute atomic E-state index is 11.7. The van der Waals surface area contributed by atoms with Crippen LogP contribution in [0, 0.1) is 5.92 Å².